The highest BCUT2D eigenvalue weighted by Gasteiger charge is 2.17. The molecule has 3 rings (SSSR count). The Hall–Kier alpha value is -1.68. The molecular formula is C18H22N2OS. The topological polar surface area (TPSA) is 42.0 Å². The summed E-state index contributed by atoms with van der Waals surface area (Å²) in [5, 5.41) is 3.10. The van der Waals surface area contributed by atoms with Gasteiger partial charge in [0.2, 0.25) is 0 Å². The molecule has 1 amide bonds. The minimum atomic E-state index is 0.000170. The van der Waals surface area contributed by atoms with Gasteiger partial charge in [-0.2, -0.15) is 0 Å². The Kier molecular flexibility index (Phi) is 4.88. The van der Waals surface area contributed by atoms with Crippen molar-refractivity contribution in [2.75, 3.05) is 0 Å². The van der Waals surface area contributed by atoms with Gasteiger partial charge in [0.05, 0.1) is 10.9 Å². The Morgan fingerprint density at radius 3 is 2.68 bits per heavy atom. The maximum Gasteiger partial charge on any atom is 0.261 e. The van der Waals surface area contributed by atoms with E-state index in [2.05, 4.69) is 16.4 Å². The third-order valence-corrected chi connectivity index (χ3v) is 5.51. The first-order chi connectivity index (χ1) is 10.7. The predicted octanol–water partition coefficient (Wildman–Crippen LogP) is 4.29. The van der Waals surface area contributed by atoms with Crippen molar-refractivity contribution in [3.05, 3.63) is 51.5 Å². The maximum atomic E-state index is 12.5. The SMILES string of the molecule is CC(NC(=O)c1cc2c(s1)CCCCCC2)c1ccncc1. The third kappa shape index (κ3) is 3.55. The van der Waals surface area contributed by atoms with Crippen molar-refractivity contribution in [3.63, 3.8) is 0 Å². The molecule has 0 radical (unpaired) electrons. The van der Waals surface area contributed by atoms with E-state index in [1.807, 2.05) is 19.1 Å². The number of rotatable bonds is 3. The van der Waals surface area contributed by atoms with Crippen molar-refractivity contribution < 1.29 is 4.79 Å². The van der Waals surface area contributed by atoms with Crippen LogP contribution in [0.4, 0.5) is 0 Å². The first kappa shape index (κ1) is 15.2. The van der Waals surface area contributed by atoms with Gasteiger partial charge in [0, 0.05) is 17.3 Å². The van der Waals surface area contributed by atoms with Crippen LogP contribution in [-0.2, 0) is 12.8 Å². The van der Waals surface area contributed by atoms with Crippen LogP contribution in [0.15, 0.2) is 30.6 Å². The Morgan fingerprint density at radius 2 is 1.91 bits per heavy atom. The minimum Gasteiger partial charge on any atom is -0.345 e. The van der Waals surface area contributed by atoms with Gasteiger partial charge in [0.25, 0.3) is 5.91 Å². The molecule has 22 heavy (non-hydrogen) atoms. The van der Waals surface area contributed by atoms with E-state index in [4.69, 9.17) is 0 Å². The normalized spacial score (nSPS) is 16.2. The van der Waals surface area contributed by atoms with E-state index in [0.717, 1.165) is 23.3 Å². The predicted molar refractivity (Wildman–Crippen MR) is 90.3 cm³/mol. The first-order valence-electron chi connectivity index (χ1n) is 8.06. The number of aryl methyl sites for hydroxylation is 2. The Bertz CT molecular complexity index is 610. The smallest absolute Gasteiger partial charge is 0.261 e. The van der Waals surface area contributed by atoms with Crippen molar-refractivity contribution in [3.8, 4) is 0 Å². The number of hydrogen-bond donors (Lipinski definition) is 1. The van der Waals surface area contributed by atoms with Crippen LogP contribution in [0.3, 0.4) is 0 Å². The number of aromatic nitrogens is 1. The highest BCUT2D eigenvalue weighted by Crippen LogP contribution is 2.28. The summed E-state index contributed by atoms with van der Waals surface area (Å²) in [7, 11) is 0. The zero-order chi connectivity index (χ0) is 15.4. The number of thiophene rings is 1. The second-order valence-corrected chi connectivity index (χ2v) is 7.09. The lowest BCUT2D eigenvalue weighted by Crippen LogP contribution is -2.25. The zero-order valence-corrected chi connectivity index (χ0v) is 13.8. The van der Waals surface area contributed by atoms with Crippen molar-refractivity contribution in [2.45, 2.75) is 51.5 Å². The summed E-state index contributed by atoms with van der Waals surface area (Å²) in [4.78, 5) is 18.8. The van der Waals surface area contributed by atoms with Gasteiger partial charge in [0.1, 0.15) is 0 Å². The molecule has 116 valence electrons. The number of carbonyl (C=O) groups is 1. The molecule has 1 atom stereocenters. The number of amides is 1. The van der Waals surface area contributed by atoms with E-state index in [1.54, 1.807) is 23.7 Å². The molecule has 0 aromatic carbocycles. The molecule has 0 saturated heterocycles. The van der Waals surface area contributed by atoms with E-state index in [1.165, 1.54) is 36.1 Å². The number of pyridine rings is 1. The molecule has 4 heteroatoms. The number of nitrogens with zero attached hydrogens (tertiary/aromatic N) is 1. The van der Waals surface area contributed by atoms with Crippen molar-refractivity contribution >= 4 is 17.2 Å². The average molecular weight is 314 g/mol. The second kappa shape index (κ2) is 7.05. The highest BCUT2D eigenvalue weighted by molar-refractivity contribution is 7.14. The lowest BCUT2D eigenvalue weighted by atomic mass is 10.00. The van der Waals surface area contributed by atoms with Gasteiger partial charge < -0.3 is 5.32 Å². The summed E-state index contributed by atoms with van der Waals surface area (Å²) in [5.74, 6) is 0.0426. The Morgan fingerprint density at radius 1 is 1.18 bits per heavy atom. The third-order valence-electron chi connectivity index (χ3n) is 4.27. The van der Waals surface area contributed by atoms with Gasteiger partial charge in [-0.25, -0.2) is 0 Å². The molecule has 2 heterocycles. The molecule has 0 aliphatic heterocycles. The Balaban J connectivity index is 1.71. The van der Waals surface area contributed by atoms with E-state index in [-0.39, 0.29) is 11.9 Å². The molecule has 0 spiro atoms. The molecule has 0 bridgehead atoms. The molecule has 1 aliphatic rings. The fourth-order valence-electron chi connectivity index (χ4n) is 2.96. The highest BCUT2D eigenvalue weighted by atomic mass is 32.1. The van der Waals surface area contributed by atoms with Crippen molar-refractivity contribution in [1.29, 1.82) is 0 Å². The van der Waals surface area contributed by atoms with E-state index in [9.17, 15) is 4.79 Å². The quantitative estimate of drug-likeness (QED) is 0.918. The fourth-order valence-corrected chi connectivity index (χ4v) is 4.12. The van der Waals surface area contributed by atoms with Crippen molar-refractivity contribution in [2.24, 2.45) is 0 Å². The molecular weight excluding hydrogens is 292 g/mol. The number of fused-ring (bicyclic) bond motifs is 1. The molecule has 1 aliphatic carbocycles. The summed E-state index contributed by atoms with van der Waals surface area (Å²) >= 11 is 1.68. The average Bonchev–Trinajstić information content (AvgIpc) is 2.90. The van der Waals surface area contributed by atoms with Gasteiger partial charge in [-0.05, 0) is 61.9 Å². The van der Waals surface area contributed by atoms with Crippen LogP contribution in [0.25, 0.3) is 0 Å². The molecule has 2 aromatic heterocycles. The molecule has 0 fully saturated rings. The van der Waals surface area contributed by atoms with E-state index in [0.29, 0.717) is 0 Å². The number of nitrogens with one attached hydrogen (secondary N) is 1. The van der Waals surface area contributed by atoms with E-state index < -0.39 is 0 Å². The van der Waals surface area contributed by atoms with Gasteiger partial charge in [-0.15, -0.1) is 11.3 Å². The zero-order valence-electron chi connectivity index (χ0n) is 13.0. The summed E-state index contributed by atoms with van der Waals surface area (Å²) in [6.07, 6.45) is 10.9. The lowest BCUT2D eigenvalue weighted by Gasteiger charge is -2.13. The summed E-state index contributed by atoms with van der Waals surface area (Å²) in [6, 6.07) is 6.00. The summed E-state index contributed by atoms with van der Waals surface area (Å²) in [5.41, 5.74) is 2.48. The summed E-state index contributed by atoms with van der Waals surface area (Å²) in [6.45, 7) is 2.01. The molecule has 3 nitrogen and oxygen atoms in total. The summed E-state index contributed by atoms with van der Waals surface area (Å²) < 4.78 is 0. The Labute approximate surface area is 135 Å². The molecule has 1 unspecified atom stereocenters. The molecule has 2 aromatic rings. The van der Waals surface area contributed by atoms with Crippen LogP contribution in [0, 0.1) is 0 Å². The van der Waals surface area contributed by atoms with E-state index >= 15 is 0 Å². The molecule has 1 N–H and O–H groups in total. The minimum absolute atomic E-state index is 0.000170. The van der Waals surface area contributed by atoms with Crippen LogP contribution in [0.2, 0.25) is 0 Å². The number of hydrogen-bond acceptors (Lipinski definition) is 3. The van der Waals surface area contributed by atoms with Crippen LogP contribution >= 0.6 is 11.3 Å². The number of carbonyl (C=O) groups excluding carboxylic acids is 1. The van der Waals surface area contributed by atoms with Gasteiger partial charge in [-0.3, -0.25) is 9.78 Å². The monoisotopic (exact) mass is 314 g/mol. The van der Waals surface area contributed by atoms with Gasteiger partial charge in [0.15, 0.2) is 0 Å². The maximum absolute atomic E-state index is 12.5. The van der Waals surface area contributed by atoms with Crippen molar-refractivity contribution in [1.82, 2.24) is 10.3 Å². The second-order valence-electron chi connectivity index (χ2n) is 5.95. The standard InChI is InChI=1S/C18H22N2OS/c1-13(14-8-10-19-11-9-14)20-18(21)17-12-15-6-4-2-3-5-7-16(15)22-17/h8-13H,2-7H2,1H3,(H,20,21). The first-order valence-corrected chi connectivity index (χ1v) is 8.88. The van der Waals surface area contributed by atoms with Gasteiger partial charge >= 0.3 is 0 Å². The lowest BCUT2D eigenvalue weighted by molar-refractivity contribution is 0.0944. The van der Waals surface area contributed by atoms with Gasteiger partial charge in [-0.1, -0.05) is 12.8 Å². The van der Waals surface area contributed by atoms with Crippen LogP contribution in [-0.4, -0.2) is 10.9 Å². The molecule has 0 saturated carbocycles. The van der Waals surface area contributed by atoms with Crippen LogP contribution in [0.5, 0.6) is 0 Å². The largest absolute Gasteiger partial charge is 0.345 e. The van der Waals surface area contributed by atoms with Crippen LogP contribution in [0.1, 0.15) is 64.3 Å². The fraction of sp³-hybridized carbons (Fsp3) is 0.444. The van der Waals surface area contributed by atoms with Crippen LogP contribution < -0.4 is 5.32 Å².